The molecule has 0 saturated carbocycles. The van der Waals surface area contributed by atoms with Crippen molar-refractivity contribution in [2.24, 2.45) is 11.5 Å². The lowest BCUT2D eigenvalue weighted by molar-refractivity contribution is -0.167. The number of carbonyl (C=O) groups is 2. The first-order valence-corrected chi connectivity index (χ1v) is 3.37. The number of primary amides is 1. The van der Waals surface area contributed by atoms with E-state index in [0.29, 0.717) is 0 Å². The Balaban J connectivity index is 4.38. The number of carbonyl (C=O) groups excluding carboxylic acids is 1. The first-order valence-electron chi connectivity index (χ1n) is 3.37. The van der Waals surface area contributed by atoms with E-state index >= 15 is 0 Å². The van der Waals surface area contributed by atoms with Gasteiger partial charge in [0.15, 0.2) is 0 Å². The summed E-state index contributed by atoms with van der Waals surface area (Å²) in [7, 11) is 0. The lowest BCUT2D eigenvalue weighted by Crippen LogP contribution is -2.52. The third-order valence-electron chi connectivity index (χ3n) is 1.20. The predicted molar refractivity (Wildman–Crippen MR) is 40.0 cm³/mol. The van der Waals surface area contributed by atoms with Gasteiger partial charge < -0.3 is 15.6 Å². The zero-order chi connectivity index (χ0) is 9.78. The molecule has 0 spiro atoms. The molecule has 0 rings (SSSR count). The maximum Gasteiger partial charge on any atom is 0.351 e. The van der Waals surface area contributed by atoms with Crippen molar-refractivity contribution in [2.75, 3.05) is 6.61 Å². The largest absolute Gasteiger partial charge is 0.478 e. The van der Waals surface area contributed by atoms with E-state index in [1.165, 1.54) is 0 Å². The second-order valence-electron chi connectivity index (χ2n) is 2.27. The molecule has 6 heteroatoms. The number of hydrogen-bond donors (Lipinski definition) is 3. The number of carboxylic acids is 1. The number of ether oxygens (including phenoxy) is 1. The molecule has 70 valence electrons. The second kappa shape index (κ2) is 4.03. The van der Waals surface area contributed by atoms with Gasteiger partial charge in [-0.3, -0.25) is 10.5 Å². The first-order chi connectivity index (χ1) is 5.42. The van der Waals surface area contributed by atoms with Crippen LogP contribution in [-0.2, 0) is 14.3 Å². The van der Waals surface area contributed by atoms with Crippen LogP contribution < -0.4 is 11.5 Å². The van der Waals surface area contributed by atoms with Gasteiger partial charge >= 0.3 is 5.97 Å². The molecule has 0 fully saturated rings. The van der Waals surface area contributed by atoms with Crippen LogP contribution in [0.15, 0.2) is 0 Å². The van der Waals surface area contributed by atoms with Gasteiger partial charge in [-0.25, -0.2) is 4.79 Å². The van der Waals surface area contributed by atoms with E-state index in [0.717, 1.165) is 0 Å². The van der Waals surface area contributed by atoms with Crippen LogP contribution in [-0.4, -0.2) is 29.3 Å². The molecule has 0 bridgehead atoms. The van der Waals surface area contributed by atoms with Gasteiger partial charge in [-0.05, 0) is 6.92 Å². The summed E-state index contributed by atoms with van der Waals surface area (Å²) >= 11 is 0. The summed E-state index contributed by atoms with van der Waals surface area (Å²) in [5, 5.41) is 8.55. The van der Waals surface area contributed by atoms with Gasteiger partial charge in [0.1, 0.15) is 0 Å². The van der Waals surface area contributed by atoms with E-state index in [-0.39, 0.29) is 6.61 Å². The van der Waals surface area contributed by atoms with Crippen molar-refractivity contribution in [3.63, 3.8) is 0 Å². The zero-order valence-corrected chi connectivity index (χ0v) is 6.74. The predicted octanol–water partition coefficient (Wildman–Crippen LogP) is -1.36. The topological polar surface area (TPSA) is 116 Å². The molecule has 0 aliphatic rings. The van der Waals surface area contributed by atoms with Crippen LogP contribution >= 0.6 is 0 Å². The molecule has 1 amide bonds. The van der Waals surface area contributed by atoms with Gasteiger partial charge in [0.2, 0.25) is 11.6 Å². The van der Waals surface area contributed by atoms with Crippen molar-refractivity contribution in [1.29, 1.82) is 0 Å². The lowest BCUT2D eigenvalue weighted by atomic mass is 10.1. The first kappa shape index (κ1) is 10.9. The van der Waals surface area contributed by atoms with Crippen LogP contribution in [0.25, 0.3) is 0 Å². The van der Waals surface area contributed by atoms with Gasteiger partial charge in [-0.1, -0.05) is 0 Å². The highest BCUT2D eigenvalue weighted by Crippen LogP contribution is 2.08. The van der Waals surface area contributed by atoms with Gasteiger partial charge in [0.25, 0.3) is 0 Å². The standard InChI is InChI=1S/C6H12N2O4/c1-2-12-6(8,5(10)11)3-4(7)9/h2-3,8H2,1H3,(H2,7,9)(H,10,11). The molecule has 1 atom stereocenters. The van der Waals surface area contributed by atoms with E-state index in [9.17, 15) is 9.59 Å². The monoisotopic (exact) mass is 176 g/mol. The van der Waals surface area contributed by atoms with Crippen molar-refractivity contribution in [2.45, 2.75) is 19.1 Å². The molecule has 0 heterocycles. The van der Waals surface area contributed by atoms with Crippen LogP contribution in [0.1, 0.15) is 13.3 Å². The van der Waals surface area contributed by atoms with Crippen molar-refractivity contribution < 1.29 is 19.4 Å². The molecule has 6 nitrogen and oxygen atoms in total. The number of nitrogens with two attached hydrogens (primary N) is 2. The smallest absolute Gasteiger partial charge is 0.351 e. The SMILES string of the molecule is CCOC(N)(CC(N)=O)C(=O)O. The van der Waals surface area contributed by atoms with Crippen molar-refractivity contribution in [1.82, 2.24) is 0 Å². The summed E-state index contributed by atoms with van der Waals surface area (Å²) in [4.78, 5) is 20.9. The maximum absolute atomic E-state index is 10.5. The number of hydrogen-bond acceptors (Lipinski definition) is 4. The minimum absolute atomic E-state index is 0.107. The summed E-state index contributed by atoms with van der Waals surface area (Å²) in [6.07, 6.45) is -0.532. The molecule has 0 aromatic carbocycles. The molecule has 0 aromatic heterocycles. The summed E-state index contributed by atoms with van der Waals surface area (Å²) in [6.45, 7) is 1.68. The quantitative estimate of drug-likeness (QED) is 0.447. The molecule has 0 radical (unpaired) electrons. The third-order valence-corrected chi connectivity index (χ3v) is 1.20. The van der Waals surface area contributed by atoms with Crippen LogP contribution in [0, 0.1) is 0 Å². The number of amides is 1. The van der Waals surface area contributed by atoms with Crippen molar-refractivity contribution in [3.05, 3.63) is 0 Å². The fraction of sp³-hybridized carbons (Fsp3) is 0.667. The minimum Gasteiger partial charge on any atom is -0.478 e. The molecular weight excluding hydrogens is 164 g/mol. The molecule has 0 aromatic rings. The highest BCUT2D eigenvalue weighted by Gasteiger charge is 2.36. The molecule has 12 heavy (non-hydrogen) atoms. The highest BCUT2D eigenvalue weighted by atomic mass is 16.5. The third kappa shape index (κ3) is 2.85. The fourth-order valence-electron chi connectivity index (χ4n) is 0.705. The zero-order valence-electron chi connectivity index (χ0n) is 6.74. The Morgan fingerprint density at radius 2 is 2.08 bits per heavy atom. The molecule has 0 aliphatic heterocycles. The van der Waals surface area contributed by atoms with Crippen LogP contribution in [0.3, 0.4) is 0 Å². The van der Waals surface area contributed by atoms with Crippen LogP contribution in [0.4, 0.5) is 0 Å². The van der Waals surface area contributed by atoms with E-state index in [1.54, 1.807) is 6.92 Å². The fourth-order valence-corrected chi connectivity index (χ4v) is 0.705. The minimum atomic E-state index is -1.99. The molecule has 0 aliphatic carbocycles. The van der Waals surface area contributed by atoms with Crippen LogP contribution in [0.2, 0.25) is 0 Å². The molecule has 1 unspecified atom stereocenters. The summed E-state index contributed by atoms with van der Waals surface area (Å²) in [5.74, 6) is -2.21. The molecule has 5 N–H and O–H groups in total. The summed E-state index contributed by atoms with van der Waals surface area (Å²) in [6, 6.07) is 0. The van der Waals surface area contributed by atoms with E-state index in [4.69, 9.17) is 16.6 Å². The Kier molecular flexibility index (Phi) is 3.65. The van der Waals surface area contributed by atoms with Crippen LogP contribution in [0.5, 0.6) is 0 Å². The Labute approximate surface area is 69.5 Å². The van der Waals surface area contributed by atoms with E-state index < -0.39 is 24.0 Å². The van der Waals surface area contributed by atoms with Crippen molar-refractivity contribution >= 4 is 11.9 Å². The van der Waals surface area contributed by atoms with Gasteiger partial charge in [0, 0.05) is 6.61 Å². The average molecular weight is 176 g/mol. The van der Waals surface area contributed by atoms with Gasteiger partial charge in [0.05, 0.1) is 6.42 Å². The van der Waals surface area contributed by atoms with Gasteiger partial charge in [-0.15, -0.1) is 0 Å². The van der Waals surface area contributed by atoms with E-state index in [2.05, 4.69) is 4.74 Å². The normalized spacial score (nSPS) is 15.2. The van der Waals surface area contributed by atoms with E-state index in [1.807, 2.05) is 0 Å². The number of aliphatic carboxylic acids is 1. The average Bonchev–Trinajstić information content (AvgIpc) is 1.85. The second-order valence-corrected chi connectivity index (χ2v) is 2.27. The Morgan fingerprint density at radius 3 is 2.33 bits per heavy atom. The number of carboxylic acid groups (broad SMARTS) is 1. The maximum atomic E-state index is 10.5. The van der Waals surface area contributed by atoms with Crippen molar-refractivity contribution in [3.8, 4) is 0 Å². The molecule has 0 saturated heterocycles. The summed E-state index contributed by atoms with van der Waals surface area (Å²) < 4.78 is 4.68. The number of rotatable bonds is 5. The summed E-state index contributed by atoms with van der Waals surface area (Å²) in [5.41, 5.74) is 8.03. The Morgan fingerprint density at radius 1 is 1.58 bits per heavy atom. The Bertz CT molecular complexity index is 194. The van der Waals surface area contributed by atoms with Gasteiger partial charge in [-0.2, -0.15) is 0 Å². The Hall–Kier alpha value is -1.14. The highest BCUT2D eigenvalue weighted by molar-refractivity contribution is 5.85. The lowest BCUT2D eigenvalue weighted by Gasteiger charge is -2.22. The molecular formula is C6H12N2O4.